The Morgan fingerprint density at radius 3 is 3.00 bits per heavy atom. The first kappa shape index (κ1) is 21.9. The van der Waals surface area contributed by atoms with Crippen molar-refractivity contribution in [2.75, 3.05) is 25.5 Å². The van der Waals surface area contributed by atoms with E-state index < -0.39 is 6.10 Å². The lowest BCUT2D eigenvalue weighted by molar-refractivity contribution is -0.142. The van der Waals surface area contributed by atoms with Crippen molar-refractivity contribution in [3.63, 3.8) is 0 Å². The Labute approximate surface area is 178 Å². The first-order chi connectivity index (χ1) is 13.7. The lowest BCUT2D eigenvalue weighted by atomic mass is 9.53. The number of nitrogens with zero attached hydrogens (tertiary/aromatic N) is 2. The Balaban J connectivity index is 1.84. The molecule has 1 saturated carbocycles. The van der Waals surface area contributed by atoms with E-state index in [0.29, 0.717) is 13.1 Å². The van der Waals surface area contributed by atoms with Crippen LogP contribution in [-0.4, -0.2) is 47.1 Å². The van der Waals surface area contributed by atoms with E-state index in [1.807, 2.05) is 13.0 Å². The van der Waals surface area contributed by atoms with Gasteiger partial charge < -0.3 is 15.3 Å². The van der Waals surface area contributed by atoms with Crippen molar-refractivity contribution in [3.05, 3.63) is 23.2 Å². The van der Waals surface area contributed by atoms with Gasteiger partial charge in [0.1, 0.15) is 0 Å². The number of thiazole rings is 1. The first-order valence-corrected chi connectivity index (χ1v) is 11.3. The molecule has 1 heterocycles. The van der Waals surface area contributed by atoms with E-state index in [2.05, 4.69) is 31.7 Å². The van der Waals surface area contributed by atoms with Gasteiger partial charge in [-0.05, 0) is 36.5 Å². The van der Waals surface area contributed by atoms with Crippen LogP contribution in [0.15, 0.2) is 12.7 Å². The van der Waals surface area contributed by atoms with Gasteiger partial charge in [0, 0.05) is 30.3 Å². The van der Waals surface area contributed by atoms with Crippen molar-refractivity contribution in [2.24, 2.45) is 23.2 Å². The van der Waals surface area contributed by atoms with E-state index in [9.17, 15) is 9.90 Å². The number of fused-ring (bicyclic) bond motifs is 2. The van der Waals surface area contributed by atoms with Crippen LogP contribution in [0.4, 0.5) is 5.13 Å². The summed E-state index contributed by atoms with van der Waals surface area (Å²) in [4.78, 5) is 20.5. The smallest absolute Gasteiger partial charge is 0.226 e. The number of aromatic nitrogens is 1. The number of aliphatic hydroxyl groups excluding tert-OH is 1. The molecule has 6 unspecified atom stereocenters. The maximum atomic E-state index is 12.8. The van der Waals surface area contributed by atoms with Gasteiger partial charge in [0.15, 0.2) is 5.13 Å². The molecule has 6 heteroatoms. The first-order valence-electron chi connectivity index (χ1n) is 10.4. The number of carbonyl (C=O) groups excluding carboxylic acids is 1. The number of terminal acetylenes is 1. The zero-order chi connectivity index (χ0) is 21.3. The summed E-state index contributed by atoms with van der Waals surface area (Å²) in [6.45, 7) is 11.2. The van der Waals surface area contributed by atoms with Gasteiger partial charge in [-0.2, -0.15) is 0 Å². The zero-order valence-electron chi connectivity index (χ0n) is 17.9. The average Bonchev–Trinajstić information content (AvgIpc) is 3.08. The lowest BCUT2D eigenvalue weighted by Gasteiger charge is -2.53. The Morgan fingerprint density at radius 1 is 1.62 bits per heavy atom. The van der Waals surface area contributed by atoms with Gasteiger partial charge in [0.2, 0.25) is 5.91 Å². The van der Waals surface area contributed by atoms with E-state index in [4.69, 9.17) is 11.4 Å². The van der Waals surface area contributed by atoms with Crippen LogP contribution >= 0.6 is 11.3 Å². The second kappa shape index (κ2) is 8.49. The number of hydrogen-bond donors (Lipinski definition) is 2. The van der Waals surface area contributed by atoms with E-state index in [0.717, 1.165) is 30.1 Å². The number of rotatable bonds is 6. The minimum Gasteiger partial charge on any atom is -0.392 e. The van der Waals surface area contributed by atoms with Gasteiger partial charge in [-0.3, -0.25) is 4.79 Å². The Kier molecular flexibility index (Phi) is 6.40. The quantitative estimate of drug-likeness (QED) is 0.551. The van der Waals surface area contributed by atoms with Crippen molar-refractivity contribution in [1.82, 2.24) is 9.88 Å². The number of nitrogens with one attached hydrogen (secondary N) is 1. The molecule has 2 N–H and O–H groups in total. The van der Waals surface area contributed by atoms with Gasteiger partial charge in [-0.15, -0.1) is 24.3 Å². The SMILES string of the molecule is C#CCN(C)C(=O)C(C)C1CCC2(C)Cc3sc(NCC=C)nc3C(C)C2C1O. The molecule has 1 fully saturated rings. The molecule has 0 aromatic carbocycles. The summed E-state index contributed by atoms with van der Waals surface area (Å²) in [5.74, 6) is 2.49. The number of amides is 1. The van der Waals surface area contributed by atoms with Gasteiger partial charge in [0.05, 0.1) is 18.3 Å². The molecule has 0 saturated heterocycles. The highest BCUT2D eigenvalue weighted by molar-refractivity contribution is 7.15. The summed E-state index contributed by atoms with van der Waals surface area (Å²) in [6, 6.07) is 0. The molecule has 1 amide bonds. The third-order valence-electron chi connectivity index (χ3n) is 7.06. The molecule has 0 bridgehead atoms. The summed E-state index contributed by atoms with van der Waals surface area (Å²) in [6.07, 6.45) is 9.47. The highest BCUT2D eigenvalue weighted by atomic mass is 32.1. The Hall–Kier alpha value is -1.84. The fourth-order valence-electron chi connectivity index (χ4n) is 5.53. The summed E-state index contributed by atoms with van der Waals surface area (Å²) >= 11 is 1.72. The van der Waals surface area contributed by atoms with Crippen LogP contribution in [0.5, 0.6) is 0 Å². The van der Waals surface area contributed by atoms with E-state index in [-0.39, 0.29) is 35.0 Å². The minimum absolute atomic E-state index is 0.0179. The summed E-state index contributed by atoms with van der Waals surface area (Å²) < 4.78 is 0. The number of carbonyl (C=O) groups is 1. The largest absolute Gasteiger partial charge is 0.392 e. The second-order valence-corrected chi connectivity index (χ2v) is 10.1. The van der Waals surface area contributed by atoms with Crippen molar-refractivity contribution in [2.45, 2.75) is 52.1 Å². The number of anilines is 1. The van der Waals surface area contributed by atoms with Crippen molar-refractivity contribution < 1.29 is 9.90 Å². The summed E-state index contributed by atoms with van der Waals surface area (Å²) in [5.41, 5.74) is 1.13. The molecule has 0 aliphatic heterocycles. The molecule has 1 aromatic heterocycles. The van der Waals surface area contributed by atoms with E-state index in [1.54, 1.807) is 23.3 Å². The third kappa shape index (κ3) is 3.95. The zero-order valence-corrected chi connectivity index (χ0v) is 18.8. The van der Waals surface area contributed by atoms with Crippen LogP contribution in [0.25, 0.3) is 0 Å². The maximum Gasteiger partial charge on any atom is 0.226 e. The fourth-order valence-corrected chi connectivity index (χ4v) is 6.80. The normalized spacial score (nSPS) is 31.7. The summed E-state index contributed by atoms with van der Waals surface area (Å²) in [7, 11) is 1.74. The van der Waals surface area contributed by atoms with Crippen LogP contribution in [0, 0.1) is 35.5 Å². The molecule has 2 aliphatic rings. The van der Waals surface area contributed by atoms with Gasteiger partial charge in [-0.1, -0.05) is 32.8 Å². The molecule has 5 nitrogen and oxygen atoms in total. The third-order valence-corrected chi connectivity index (χ3v) is 8.08. The standard InChI is InChI=1S/C23H33N3O2S/c1-7-11-24-22-25-19-15(4)18-20(27)16(14(3)21(28)26(6)12-8-2)9-10-23(18,5)13-17(19)29-22/h2,7,14-16,18,20,27H,1,9-13H2,3-6H3,(H,24,25). The van der Waals surface area contributed by atoms with E-state index >= 15 is 0 Å². The van der Waals surface area contributed by atoms with Crippen LogP contribution < -0.4 is 5.32 Å². The summed E-state index contributed by atoms with van der Waals surface area (Å²) in [5, 5.41) is 15.7. The molecule has 0 radical (unpaired) electrons. The molecular weight excluding hydrogens is 382 g/mol. The molecule has 0 spiro atoms. The van der Waals surface area contributed by atoms with Crippen LogP contribution in [0.1, 0.15) is 50.1 Å². The highest BCUT2D eigenvalue weighted by Gasteiger charge is 2.54. The molecule has 158 valence electrons. The molecule has 29 heavy (non-hydrogen) atoms. The maximum absolute atomic E-state index is 12.8. The fraction of sp³-hybridized carbons (Fsp3) is 0.652. The van der Waals surface area contributed by atoms with Crippen molar-refractivity contribution >= 4 is 22.4 Å². The molecule has 3 rings (SSSR count). The minimum atomic E-state index is -0.527. The topological polar surface area (TPSA) is 65.5 Å². The lowest BCUT2D eigenvalue weighted by Crippen LogP contribution is -2.53. The van der Waals surface area contributed by atoms with Crippen LogP contribution in [-0.2, 0) is 11.2 Å². The van der Waals surface area contributed by atoms with Crippen LogP contribution in [0.2, 0.25) is 0 Å². The van der Waals surface area contributed by atoms with Gasteiger partial charge >= 0.3 is 0 Å². The highest BCUT2D eigenvalue weighted by Crippen LogP contribution is 2.57. The number of aliphatic hydroxyl groups is 1. The molecule has 1 aromatic rings. The van der Waals surface area contributed by atoms with Gasteiger partial charge in [0.25, 0.3) is 0 Å². The number of hydrogen-bond acceptors (Lipinski definition) is 5. The predicted octanol–water partition coefficient (Wildman–Crippen LogP) is 3.52. The monoisotopic (exact) mass is 415 g/mol. The second-order valence-electron chi connectivity index (χ2n) is 9.02. The average molecular weight is 416 g/mol. The molecule has 6 atom stereocenters. The van der Waals surface area contributed by atoms with Crippen molar-refractivity contribution in [1.29, 1.82) is 0 Å². The van der Waals surface area contributed by atoms with Gasteiger partial charge in [-0.25, -0.2) is 4.98 Å². The predicted molar refractivity (Wildman–Crippen MR) is 119 cm³/mol. The Bertz CT molecular complexity index is 814. The van der Waals surface area contributed by atoms with E-state index in [1.165, 1.54) is 4.88 Å². The molecular formula is C23H33N3O2S. The molecule has 2 aliphatic carbocycles. The van der Waals surface area contributed by atoms with Crippen molar-refractivity contribution in [3.8, 4) is 12.3 Å². The Morgan fingerprint density at radius 2 is 2.34 bits per heavy atom. The van der Waals surface area contributed by atoms with Crippen LogP contribution in [0.3, 0.4) is 0 Å².